The first kappa shape index (κ1) is 22.1. The molecule has 1 unspecified atom stereocenters. The Hall–Kier alpha value is -4.14. The summed E-state index contributed by atoms with van der Waals surface area (Å²) in [6.45, 7) is 6.11. The molecule has 9 heteroatoms. The maximum atomic E-state index is 12.5. The summed E-state index contributed by atoms with van der Waals surface area (Å²) >= 11 is 0. The van der Waals surface area contributed by atoms with E-state index in [1.54, 1.807) is 11.6 Å². The number of ether oxygens (including phenoxy) is 2. The van der Waals surface area contributed by atoms with E-state index in [-0.39, 0.29) is 12.0 Å². The van der Waals surface area contributed by atoms with Crippen LogP contribution in [-0.4, -0.2) is 32.7 Å². The maximum Gasteiger partial charge on any atom is 0.322 e. The highest BCUT2D eigenvalue weighted by molar-refractivity contribution is 5.87. The summed E-state index contributed by atoms with van der Waals surface area (Å²) < 4.78 is 13.0. The highest BCUT2D eigenvalue weighted by Gasteiger charge is 2.15. The summed E-state index contributed by atoms with van der Waals surface area (Å²) in [5, 5.41) is 9.85. The van der Waals surface area contributed by atoms with Crippen molar-refractivity contribution in [1.82, 2.24) is 24.9 Å². The van der Waals surface area contributed by atoms with Crippen LogP contribution in [0, 0.1) is 13.8 Å². The van der Waals surface area contributed by atoms with E-state index < -0.39 is 6.03 Å². The van der Waals surface area contributed by atoms with Crippen LogP contribution in [0.15, 0.2) is 54.6 Å². The molecule has 0 saturated heterocycles. The van der Waals surface area contributed by atoms with Crippen molar-refractivity contribution in [2.45, 2.75) is 33.4 Å². The quantitative estimate of drug-likeness (QED) is 0.441. The van der Waals surface area contributed by atoms with Gasteiger partial charge in [-0.3, -0.25) is 5.32 Å². The summed E-state index contributed by atoms with van der Waals surface area (Å²) in [6, 6.07) is 16.7. The number of carbonyl (C=O) groups is 1. The van der Waals surface area contributed by atoms with E-state index in [1.165, 1.54) is 0 Å². The second-order valence-electron chi connectivity index (χ2n) is 7.69. The van der Waals surface area contributed by atoms with Gasteiger partial charge < -0.3 is 14.8 Å². The monoisotopic (exact) mass is 446 g/mol. The molecule has 2 N–H and O–H groups in total. The number of carbonyl (C=O) groups excluding carboxylic acids is 1. The number of hydrogen-bond donors (Lipinski definition) is 2. The van der Waals surface area contributed by atoms with Crippen molar-refractivity contribution in [2.75, 3.05) is 12.4 Å². The molecule has 0 aliphatic rings. The average Bonchev–Trinajstić information content (AvgIpc) is 3.20. The van der Waals surface area contributed by atoms with Gasteiger partial charge in [0.15, 0.2) is 11.5 Å². The van der Waals surface area contributed by atoms with E-state index in [0.29, 0.717) is 23.9 Å². The van der Waals surface area contributed by atoms with Gasteiger partial charge in [-0.05, 0) is 50.1 Å². The van der Waals surface area contributed by atoms with Crippen LogP contribution in [0.4, 0.5) is 10.7 Å². The van der Waals surface area contributed by atoms with Crippen molar-refractivity contribution < 1.29 is 14.3 Å². The molecule has 170 valence electrons. The zero-order chi connectivity index (χ0) is 23.4. The number of aryl methyl sites for hydroxylation is 2. The number of anilines is 1. The summed E-state index contributed by atoms with van der Waals surface area (Å²) in [6.07, 6.45) is 0. The van der Waals surface area contributed by atoms with Gasteiger partial charge in [-0.15, -0.1) is 5.10 Å². The number of nitrogens with zero attached hydrogens (tertiary/aromatic N) is 4. The Morgan fingerprint density at radius 2 is 1.85 bits per heavy atom. The normalized spacial score (nSPS) is 11.8. The smallest absolute Gasteiger partial charge is 0.322 e. The molecule has 1 atom stereocenters. The molecule has 4 aromatic rings. The first-order chi connectivity index (χ1) is 15.9. The molecular weight excluding hydrogens is 420 g/mol. The largest absolute Gasteiger partial charge is 0.493 e. The Kier molecular flexibility index (Phi) is 6.39. The Labute approximate surface area is 191 Å². The zero-order valence-corrected chi connectivity index (χ0v) is 19.0. The molecule has 2 heterocycles. The molecule has 4 rings (SSSR count). The summed E-state index contributed by atoms with van der Waals surface area (Å²) in [5.41, 5.74) is 3.65. The molecule has 0 aliphatic carbocycles. The number of nitrogens with one attached hydrogen (secondary N) is 2. The number of hydrogen-bond acceptors (Lipinski definition) is 6. The highest BCUT2D eigenvalue weighted by atomic mass is 16.5. The third-order valence-corrected chi connectivity index (χ3v) is 5.12. The van der Waals surface area contributed by atoms with Crippen LogP contribution in [0.1, 0.15) is 35.5 Å². The van der Waals surface area contributed by atoms with Gasteiger partial charge in [0, 0.05) is 11.4 Å². The van der Waals surface area contributed by atoms with Gasteiger partial charge in [0.1, 0.15) is 6.61 Å². The van der Waals surface area contributed by atoms with Crippen LogP contribution in [-0.2, 0) is 6.61 Å². The van der Waals surface area contributed by atoms with Crippen molar-refractivity contribution >= 4 is 17.8 Å². The van der Waals surface area contributed by atoms with E-state index in [4.69, 9.17) is 9.47 Å². The van der Waals surface area contributed by atoms with Gasteiger partial charge in [-0.25, -0.2) is 9.78 Å². The van der Waals surface area contributed by atoms with Crippen molar-refractivity contribution in [3.63, 3.8) is 0 Å². The molecule has 33 heavy (non-hydrogen) atoms. The number of benzene rings is 2. The molecule has 0 aliphatic heterocycles. The maximum absolute atomic E-state index is 12.5. The van der Waals surface area contributed by atoms with Crippen molar-refractivity contribution in [2.24, 2.45) is 0 Å². The van der Waals surface area contributed by atoms with Gasteiger partial charge >= 0.3 is 6.03 Å². The fourth-order valence-corrected chi connectivity index (χ4v) is 3.44. The van der Waals surface area contributed by atoms with Crippen molar-refractivity contribution in [3.05, 3.63) is 77.1 Å². The average molecular weight is 447 g/mol. The summed E-state index contributed by atoms with van der Waals surface area (Å²) in [4.78, 5) is 21.1. The molecule has 2 aromatic carbocycles. The Morgan fingerprint density at radius 3 is 2.61 bits per heavy atom. The standard InChI is InChI=1S/C24H26N6O3/c1-15-12-16(2)30-23(25-15)27-22(29-30)28-24(31)26-17(3)19-10-11-20(21(13-19)32-4)33-14-18-8-6-5-7-9-18/h5-13,17H,14H2,1-4H3,(H2,26,28,29,31). The zero-order valence-electron chi connectivity index (χ0n) is 19.0. The van der Waals surface area contributed by atoms with E-state index in [2.05, 4.69) is 25.7 Å². The summed E-state index contributed by atoms with van der Waals surface area (Å²) in [5.74, 6) is 1.85. The third-order valence-electron chi connectivity index (χ3n) is 5.12. The molecular formula is C24H26N6O3. The van der Waals surface area contributed by atoms with E-state index in [9.17, 15) is 4.79 Å². The predicted molar refractivity (Wildman–Crippen MR) is 125 cm³/mol. The number of methoxy groups -OCH3 is 1. The van der Waals surface area contributed by atoms with Crippen LogP contribution in [0.3, 0.4) is 0 Å². The lowest BCUT2D eigenvalue weighted by Gasteiger charge is -2.17. The van der Waals surface area contributed by atoms with Gasteiger partial charge in [-0.1, -0.05) is 36.4 Å². The van der Waals surface area contributed by atoms with Gasteiger partial charge in [0.2, 0.25) is 0 Å². The predicted octanol–water partition coefficient (Wildman–Crippen LogP) is 4.21. The lowest BCUT2D eigenvalue weighted by molar-refractivity contribution is 0.249. The minimum Gasteiger partial charge on any atom is -0.493 e. The van der Waals surface area contributed by atoms with E-state index in [0.717, 1.165) is 22.5 Å². The van der Waals surface area contributed by atoms with Crippen LogP contribution < -0.4 is 20.1 Å². The number of amides is 2. The molecule has 2 amide bonds. The highest BCUT2D eigenvalue weighted by Crippen LogP contribution is 2.31. The second-order valence-corrected chi connectivity index (χ2v) is 7.69. The topological polar surface area (TPSA) is 103 Å². The number of fused-ring (bicyclic) bond motifs is 1. The lowest BCUT2D eigenvalue weighted by Crippen LogP contribution is -2.31. The molecule has 0 bridgehead atoms. The first-order valence-corrected chi connectivity index (χ1v) is 10.6. The fraction of sp³-hybridized carbons (Fsp3) is 0.250. The number of rotatable bonds is 7. The van der Waals surface area contributed by atoms with Crippen LogP contribution in [0.25, 0.3) is 5.78 Å². The Morgan fingerprint density at radius 1 is 1.06 bits per heavy atom. The molecule has 0 fully saturated rings. The Balaban J connectivity index is 1.40. The number of urea groups is 1. The minimum atomic E-state index is -0.420. The fourth-order valence-electron chi connectivity index (χ4n) is 3.44. The van der Waals surface area contributed by atoms with E-state index >= 15 is 0 Å². The molecule has 9 nitrogen and oxygen atoms in total. The molecule has 0 radical (unpaired) electrons. The van der Waals surface area contributed by atoms with Crippen LogP contribution in [0.5, 0.6) is 11.5 Å². The molecule has 2 aromatic heterocycles. The van der Waals surface area contributed by atoms with Crippen LogP contribution in [0.2, 0.25) is 0 Å². The third kappa shape index (κ3) is 5.20. The Bertz CT molecular complexity index is 1270. The first-order valence-electron chi connectivity index (χ1n) is 10.6. The van der Waals surface area contributed by atoms with Gasteiger partial charge in [-0.2, -0.15) is 9.50 Å². The van der Waals surface area contributed by atoms with Crippen LogP contribution >= 0.6 is 0 Å². The molecule has 0 spiro atoms. The minimum absolute atomic E-state index is 0.183. The van der Waals surface area contributed by atoms with Crippen molar-refractivity contribution in [3.8, 4) is 11.5 Å². The lowest BCUT2D eigenvalue weighted by atomic mass is 10.1. The number of aromatic nitrogens is 4. The SMILES string of the molecule is COc1cc(C(C)NC(=O)Nc2nc3nc(C)cc(C)n3n2)ccc1OCc1ccccc1. The van der Waals surface area contributed by atoms with Crippen molar-refractivity contribution in [1.29, 1.82) is 0 Å². The molecule has 0 saturated carbocycles. The van der Waals surface area contributed by atoms with Gasteiger partial charge in [0.05, 0.1) is 13.2 Å². The summed E-state index contributed by atoms with van der Waals surface area (Å²) in [7, 11) is 1.59. The second kappa shape index (κ2) is 9.56. The van der Waals surface area contributed by atoms with E-state index in [1.807, 2.05) is 75.4 Å². The van der Waals surface area contributed by atoms with Gasteiger partial charge in [0.25, 0.3) is 11.7 Å².